The summed E-state index contributed by atoms with van der Waals surface area (Å²) in [6.45, 7) is 4.72. The average Bonchev–Trinajstić information content (AvgIpc) is 2.74. The Balaban J connectivity index is 2.07. The number of benzene rings is 1. The highest BCUT2D eigenvalue weighted by Crippen LogP contribution is 2.17. The minimum Gasteiger partial charge on any atom is -0.374 e. The van der Waals surface area contributed by atoms with E-state index in [1.165, 1.54) is 5.56 Å². The number of hydrogen-bond acceptors (Lipinski definition) is 3. The summed E-state index contributed by atoms with van der Waals surface area (Å²) < 4.78 is 7.21. The number of hydrogen-bond donors (Lipinski definition) is 0. The molecule has 17 heavy (non-hydrogen) atoms. The Hall–Kier alpha value is -0.950. The van der Waals surface area contributed by atoms with Gasteiger partial charge < -0.3 is 4.74 Å². The molecular formula is C12H14IN3O. The molecule has 0 amide bonds. The molecule has 0 atom stereocenters. The Kier molecular flexibility index (Phi) is 4.11. The van der Waals surface area contributed by atoms with Gasteiger partial charge in [0, 0.05) is 5.56 Å². The lowest BCUT2D eigenvalue weighted by Crippen LogP contribution is -2.01. The maximum absolute atomic E-state index is 5.54. The molecular weight excluding hydrogens is 329 g/mol. The third-order valence-electron chi connectivity index (χ3n) is 2.30. The molecule has 5 heteroatoms. The molecule has 0 spiro atoms. The van der Waals surface area contributed by atoms with Crippen molar-refractivity contribution in [3.8, 4) is 11.3 Å². The highest BCUT2D eigenvalue weighted by Gasteiger charge is 2.03. The molecule has 1 aromatic heterocycles. The summed E-state index contributed by atoms with van der Waals surface area (Å²) in [5.41, 5.74) is 3.13. The highest BCUT2D eigenvalue weighted by atomic mass is 127. The van der Waals surface area contributed by atoms with Gasteiger partial charge in [0.2, 0.25) is 0 Å². The van der Waals surface area contributed by atoms with Gasteiger partial charge >= 0.3 is 0 Å². The summed E-state index contributed by atoms with van der Waals surface area (Å²) in [6.07, 6.45) is 2.15. The first kappa shape index (κ1) is 12.5. The smallest absolute Gasteiger partial charge is 0.113 e. The van der Waals surface area contributed by atoms with E-state index < -0.39 is 0 Å². The summed E-state index contributed by atoms with van der Waals surface area (Å²) in [5, 5.41) is 7.97. The van der Waals surface area contributed by atoms with Crippen molar-refractivity contribution in [3.05, 3.63) is 36.0 Å². The standard InChI is InChI=1S/C12H14IN3O/c1-9(2)17-8-10-3-5-11(6-4-10)12-7-16(13)15-14-12/h3-7,9H,8H2,1-2H3. The molecule has 4 nitrogen and oxygen atoms in total. The van der Waals surface area contributed by atoms with Crippen molar-refractivity contribution in [1.82, 2.24) is 13.2 Å². The van der Waals surface area contributed by atoms with Gasteiger partial charge in [0.25, 0.3) is 0 Å². The van der Waals surface area contributed by atoms with Crippen LogP contribution in [0, 0.1) is 0 Å². The Bertz CT molecular complexity index is 479. The first-order valence-electron chi connectivity index (χ1n) is 5.44. The van der Waals surface area contributed by atoms with Gasteiger partial charge in [0.15, 0.2) is 0 Å². The van der Waals surface area contributed by atoms with Gasteiger partial charge in [-0.2, -0.15) is 2.90 Å². The molecule has 0 aliphatic heterocycles. The van der Waals surface area contributed by atoms with Crippen molar-refractivity contribution in [1.29, 1.82) is 0 Å². The molecule has 90 valence electrons. The second kappa shape index (κ2) is 5.59. The van der Waals surface area contributed by atoms with E-state index in [9.17, 15) is 0 Å². The Morgan fingerprint density at radius 2 is 2.00 bits per heavy atom. The van der Waals surface area contributed by atoms with E-state index in [2.05, 4.69) is 45.3 Å². The van der Waals surface area contributed by atoms with Gasteiger partial charge in [-0.1, -0.05) is 29.5 Å². The fraction of sp³-hybridized carbons (Fsp3) is 0.333. The lowest BCUT2D eigenvalue weighted by Gasteiger charge is -2.07. The van der Waals surface area contributed by atoms with Crippen molar-refractivity contribution in [2.24, 2.45) is 0 Å². The van der Waals surface area contributed by atoms with Gasteiger partial charge in [-0.25, -0.2) is 0 Å². The summed E-state index contributed by atoms with van der Waals surface area (Å²) >= 11 is 2.08. The van der Waals surface area contributed by atoms with Gasteiger partial charge in [-0.05, 0) is 19.4 Å². The molecule has 0 aliphatic rings. The first-order chi connectivity index (χ1) is 8.15. The number of ether oxygens (including phenoxy) is 1. The van der Waals surface area contributed by atoms with Crippen LogP contribution in [0.4, 0.5) is 0 Å². The van der Waals surface area contributed by atoms with Gasteiger partial charge in [-0.3, -0.25) is 0 Å². The molecule has 2 aromatic rings. The summed E-state index contributed by atoms with van der Waals surface area (Å²) in [6, 6.07) is 8.20. The van der Waals surface area contributed by atoms with E-state index in [-0.39, 0.29) is 6.10 Å². The third-order valence-corrected chi connectivity index (χ3v) is 2.77. The molecule has 0 unspecified atom stereocenters. The van der Waals surface area contributed by atoms with Crippen LogP contribution in [0.15, 0.2) is 30.5 Å². The van der Waals surface area contributed by atoms with Crippen molar-refractivity contribution < 1.29 is 4.74 Å². The van der Waals surface area contributed by atoms with Gasteiger partial charge in [-0.15, -0.1) is 5.10 Å². The third kappa shape index (κ3) is 3.50. The molecule has 0 N–H and O–H groups in total. The average molecular weight is 343 g/mol. The second-order valence-corrected chi connectivity index (χ2v) is 5.04. The summed E-state index contributed by atoms with van der Waals surface area (Å²) in [5.74, 6) is 0. The van der Waals surface area contributed by atoms with E-state index in [0.29, 0.717) is 6.61 Å². The molecule has 0 saturated heterocycles. The van der Waals surface area contributed by atoms with Crippen LogP contribution in [0.1, 0.15) is 19.4 Å². The van der Waals surface area contributed by atoms with Gasteiger partial charge in [0.1, 0.15) is 5.69 Å². The SMILES string of the molecule is CC(C)OCc1ccc(-c2cn(I)nn2)cc1. The van der Waals surface area contributed by atoms with Crippen LogP contribution >= 0.6 is 22.9 Å². The highest BCUT2D eigenvalue weighted by molar-refractivity contribution is 14.1. The van der Waals surface area contributed by atoms with E-state index >= 15 is 0 Å². The lowest BCUT2D eigenvalue weighted by molar-refractivity contribution is 0.0657. The lowest BCUT2D eigenvalue weighted by atomic mass is 10.1. The van der Waals surface area contributed by atoms with Crippen molar-refractivity contribution >= 4 is 22.9 Å². The summed E-state index contributed by atoms with van der Waals surface area (Å²) in [7, 11) is 0. The van der Waals surface area contributed by atoms with Crippen LogP contribution in [0.2, 0.25) is 0 Å². The molecule has 0 aliphatic carbocycles. The largest absolute Gasteiger partial charge is 0.374 e. The normalized spacial score (nSPS) is 11.1. The molecule has 1 heterocycles. The predicted octanol–water partition coefficient (Wildman–Crippen LogP) is 3.07. The Morgan fingerprint density at radius 1 is 1.29 bits per heavy atom. The zero-order valence-corrected chi connectivity index (χ0v) is 12.0. The zero-order chi connectivity index (χ0) is 12.3. The molecule has 0 fully saturated rings. The van der Waals surface area contributed by atoms with Crippen molar-refractivity contribution in [2.75, 3.05) is 0 Å². The number of aromatic nitrogens is 3. The predicted molar refractivity (Wildman–Crippen MR) is 74.8 cm³/mol. The van der Waals surface area contributed by atoms with Crippen LogP contribution < -0.4 is 0 Å². The van der Waals surface area contributed by atoms with E-state index in [1.54, 1.807) is 2.90 Å². The minimum atomic E-state index is 0.258. The van der Waals surface area contributed by atoms with Crippen LogP contribution in [0.5, 0.6) is 0 Å². The van der Waals surface area contributed by atoms with Crippen LogP contribution in [-0.2, 0) is 11.3 Å². The molecule has 2 rings (SSSR count). The zero-order valence-electron chi connectivity index (χ0n) is 9.80. The molecule has 1 aromatic carbocycles. The van der Waals surface area contributed by atoms with Crippen molar-refractivity contribution in [3.63, 3.8) is 0 Å². The number of rotatable bonds is 4. The van der Waals surface area contributed by atoms with Crippen LogP contribution in [0.25, 0.3) is 11.3 Å². The number of nitrogens with zero attached hydrogens (tertiary/aromatic N) is 3. The Labute approximate surface area is 114 Å². The number of halogens is 1. The Morgan fingerprint density at radius 3 is 2.53 bits per heavy atom. The maximum atomic E-state index is 5.54. The fourth-order valence-electron chi connectivity index (χ4n) is 1.41. The minimum absolute atomic E-state index is 0.258. The van der Waals surface area contributed by atoms with Crippen LogP contribution in [0.3, 0.4) is 0 Å². The quantitative estimate of drug-likeness (QED) is 0.801. The van der Waals surface area contributed by atoms with E-state index in [1.807, 2.05) is 32.2 Å². The van der Waals surface area contributed by atoms with E-state index in [4.69, 9.17) is 4.74 Å². The topological polar surface area (TPSA) is 39.9 Å². The molecule has 0 bridgehead atoms. The first-order valence-corrected chi connectivity index (χ1v) is 6.41. The monoisotopic (exact) mass is 343 g/mol. The van der Waals surface area contributed by atoms with Crippen LogP contribution in [-0.4, -0.2) is 19.3 Å². The van der Waals surface area contributed by atoms with E-state index in [0.717, 1.165) is 11.3 Å². The summed E-state index contributed by atoms with van der Waals surface area (Å²) in [4.78, 5) is 0. The molecule has 0 saturated carbocycles. The fourth-order valence-corrected chi connectivity index (χ4v) is 1.77. The maximum Gasteiger partial charge on any atom is 0.113 e. The van der Waals surface area contributed by atoms with Gasteiger partial charge in [0.05, 0.1) is 41.8 Å². The van der Waals surface area contributed by atoms with Crippen molar-refractivity contribution in [2.45, 2.75) is 26.6 Å². The second-order valence-electron chi connectivity index (χ2n) is 4.05. The molecule has 0 radical (unpaired) electrons.